The first kappa shape index (κ1) is 12.9. The van der Waals surface area contributed by atoms with Crippen LogP contribution in [-0.4, -0.2) is 15.0 Å². The number of thiazole rings is 1. The van der Waals surface area contributed by atoms with Crippen molar-refractivity contribution < 1.29 is 0 Å². The van der Waals surface area contributed by atoms with E-state index in [4.69, 9.17) is 0 Å². The summed E-state index contributed by atoms with van der Waals surface area (Å²) in [5.74, 6) is 1.69. The van der Waals surface area contributed by atoms with Gasteiger partial charge in [0.1, 0.15) is 10.8 Å². The third kappa shape index (κ3) is 2.43. The Morgan fingerprint density at radius 2 is 1.95 bits per heavy atom. The molecule has 4 aromatic rings. The Balaban J connectivity index is 1.69. The third-order valence-corrected chi connectivity index (χ3v) is 4.97. The van der Waals surface area contributed by atoms with E-state index in [0.717, 1.165) is 33.8 Å². The Labute approximate surface area is 131 Å². The van der Waals surface area contributed by atoms with Gasteiger partial charge in [0.25, 0.3) is 0 Å². The highest BCUT2D eigenvalue weighted by atomic mass is 32.1. The zero-order valence-corrected chi connectivity index (χ0v) is 12.9. The molecule has 5 heteroatoms. The lowest BCUT2D eigenvalue weighted by atomic mass is 10.1. The van der Waals surface area contributed by atoms with Gasteiger partial charge in [-0.1, -0.05) is 18.2 Å². The van der Waals surface area contributed by atoms with Crippen LogP contribution in [0.1, 0.15) is 16.4 Å². The number of aromatic nitrogens is 3. The summed E-state index contributed by atoms with van der Waals surface area (Å²) in [6, 6.07) is 14.5. The van der Waals surface area contributed by atoms with Crippen molar-refractivity contribution in [2.75, 3.05) is 0 Å². The molecule has 0 bridgehead atoms. The second-order valence-electron chi connectivity index (χ2n) is 4.95. The number of thiol groups is 1. The highest BCUT2D eigenvalue weighted by Gasteiger charge is 2.06. The van der Waals surface area contributed by atoms with Crippen LogP contribution in [0.3, 0.4) is 0 Å². The molecule has 0 aliphatic rings. The number of benzene rings is 2. The van der Waals surface area contributed by atoms with E-state index in [1.165, 1.54) is 10.3 Å². The van der Waals surface area contributed by atoms with E-state index < -0.39 is 0 Å². The lowest BCUT2D eigenvalue weighted by Gasteiger charge is -1.98. The molecule has 0 fully saturated rings. The topological polar surface area (TPSA) is 41.6 Å². The van der Waals surface area contributed by atoms with Gasteiger partial charge < -0.3 is 4.98 Å². The minimum Gasteiger partial charge on any atom is -0.342 e. The SMILES string of the molecule is SCc1nc2ccc(Cc3nc4ccccc4[nH]3)cc2s1. The van der Waals surface area contributed by atoms with Gasteiger partial charge in [-0.2, -0.15) is 12.6 Å². The molecule has 0 atom stereocenters. The first-order valence-electron chi connectivity index (χ1n) is 6.74. The molecule has 0 unspecified atom stereocenters. The zero-order valence-electron chi connectivity index (χ0n) is 11.2. The van der Waals surface area contributed by atoms with E-state index in [0.29, 0.717) is 5.75 Å². The number of H-pyrrole nitrogens is 1. The van der Waals surface area contributed by atoms with Gasteiger partial charge in [0.2, 0.25) is 0 Å². The van der Waals surface area contributed by atoms with E-state index in [2.05, 4.69) is 51.8 Å². The Hall–Kier alpha value is -1.85. The molecule has 0 saturated heterocycles. The first-order chi connectivity index (χ1) is 10.3. The van der Waals surface area contributed by atoms with Gasteiger partial charge in [-0.3, -0.25) is 0 Å². The standard InChI is InChI=1S/C16H13N3S2/c20-9-16-19-13-6-5-10(7-14(13)21-16)8-15-17-11-3-1-2-4-12(11)18-15/h1-7,20H,8-9H2,(H,17,18). The smallest absolute Gasteiger partial charge is 0.111 e. The van der Waals surface area contributed by atoms with Crippen molar-refractivity contribution in [3.63, 3.8) is 0 Å². The molecule has 4 rings (SSSR count). The molecule has 104 valence electrons. The van der Waals surface area contributed by atoms with Gasteiger partial charge in [0.05, 0.1) is 21.3 Å². The van der Waals surface area contributed by atoms with Crippen LogP contribution in [0.15, 0.2) is 42.5 Å². The van der Waals surface area contributed by atoms with Crippen molar-refractivity contribution >= 4 is 45.2 Å². The molecule has 3 nitrogen and oxygen atoms in total. The molecule has 0 aliphatic heterocycles. The second kappa shape index (κ2) is 5.16. The van der Waals surface area contributed by atoms with Crippen LogP contribution in [0.4, 0.5) is 0 Å². The van der Waals surface area contributed by atoms with Crippen LogP contribution >= 0.6 is 24.0 Å². The summed E-state index contributed by atoms with van der Waals surface area (Å²) in [6.45, 7) is 0. The highest BCUT2D eigenvalue weighted by Crippen LogP contribution is 2.25. The van der Waals surface area contributed by atoms with Gasteiger partial charge in [-0.15, -0.1) is 11.3 Å². The number of rotatable bonds is 3. The molecule has 2 aromatic heterocycles. The molecule has 1 N–H and O–H groups in total. The second-order valence-corrected chi connectivity index (χ2v) is 6.38. The minimum absolute atomic E-state index is 0.693. The first-order valence-corrected chi connectivity index (χ1v) is 8.19. The number of hydrogen-bond acceptors (Lipinski definition) is 4. The largest absolute Gasteiger partial charge is 0.342 e. The molecule has 0 aliphatic carbocycles. The van der Waals surface area contributed by atoms with E-state index in [9.17, 15) is 0 Å². The zero-order chi connectivity index (χ0) is 14.2. The molecule has 0 spiro atoms. The molecule has 2 heterocycles. The van der Waals surface area contributed by atoms with Crippen LogP contribution in [-0.2, 0) is 12.2 Å². The molecular weight excluding hydrogens is 298 g/mol. The summed E-state index contributed by atoms with van der Waals surface area (Å²) in [5.41, 5.74) is 4.40. The van der Waals surface area contributed by atoms with Crippen LogP contribution < -0.4 is 0 Å². The number of nitrogens with one attached hydrogen (secondary N) is 1. The summed E-state index contributed by atoms with van der Waals surface area (Å²) in [6.07, 6.45) is 0.804. The Kier molecular flexibility index (Phi) is 3.16. The van der Waals surface area contributed by atoms with Crippen molar-refractivity contribution in [2.24, 2.45) is 0 Å². The number of nitrogens with zero attached hydrogens (tertiary/aromatic N) is 2. The normalized spacial score (nSPS) is 11.5. The fourth-order valence-corrected chi connectivity index (χ4v) is 3.63. The predicted octanol–water partition coefficient (Wildman–Crippen LogP) is 4.19. The maximum absolute atomic E-state index is 4.63. The van der Waals surface area contributed by atoms with Crippen molar-refractivity contribution in [1.82, 2.24) is 15.0 Å². The Bertz CT molecular complexity index is 890. The maximum Gasteiger partial charge on any atom is 0.111 e. The molecular formula is C16H13N3S2. The van der Waals surface area contributed by atoms with E-state index >= 15 is 0 Å². The lowest BCUT2D eigenvalue weighted by Crippen LogP contribution is -1.90. The van der Waals surface area contributed by atoms with Crippen molar-refractivity contribution in [3.8, 4) is 0 Å². The molecule has 21 heavy (non-hydrogen) atoms. The number of hydrogen-bond donors (Lipinski definition) is 2. The average molecular weight is 311 g/mol. The van der Waals surface area contributed by atoms with Gasteiger partial charge in [0.15, 0.2) is 0 Å². The summed E-state index contributed by atoms with van der Waals surface area (Å²) in [7, 11) is 0. The maximum atomic E-state index is 4.63. The Morgan fingerprint density at radius 3 is 2.81 bits per heavy atom. The average Bonchev–Trinajstić information content (AvgIpc) is 3.09. The number of fused-ring (bicyclic) bond motifs is 2. The van der Waals surface area contributed by atoms with E-state index in [1.807, 2.05) is 18.2 Å². The third-order valence-electron chi connectivity index (χ3n) is 3.44. The van der Waals surface area contributed by atoms with Gasteiger partial charge in [-0.25, -0.2) is 9.97 Å². The minimum atomic E-state index is 0.693. The Morgan fingerprint density at radius 1 is 1.05 bits per heavy atom. The summed E-state index contributed by atoms with van der Waals surface area (Å²) in [5, 5.41) is 1.06. The van der Waals surface area contributed by atoms with E-state index in [-0.39, 0.29) is 0 Å². The monoisotopic (exact) mass is 311 g/mol. The predicted molar refractivity (Wildman–Crippen MR) is 91.2 cm³/mol. The summed E-state index contributed by atoms with van der Waals surface area (Å²) >= 11 is 6.00. The van der Waals surface area contributed by atoms with Crippen LogP contribution in [0.25, 0.3) is 21.3 Å². The number of aromatic amines is 1. The van der Waals surface area contributed by atoms with Gasteiger partial charge in [-0.05, 0) is 29.8 Å². The van der Waals surface area contributed by atoms with E-state index in [1.54, 1.807) is 11.3 Å². The number of imidazole rings is 1. The fraction of sp³-hybridized carbons (Fsp3) is 0.125. The van der Waals surface area contributed by atoms with Crippen molar-refractivity contribution in [3.05, 3.63) is 58.9 Å². The molecule has 2 aromatic carbocycles. The number of para-hydroxylation sites is 2. The summed E-state index contributed by atoms with van der Waals surface area (Å²) < 4.78 is 1.22. The van der Waals surface area contributed by atoms with Crippen molar-refractivity contribution in [2.45, 2.75) is 12.2 Å². The molecule has 0 amide bonds. The van der Waals surface area contributed by atoms with Crippen LogP contribution in [0.5, 0.6) is 0 Å². The quantitative estimate of drug-likeness (QED) is 0.557. The van der Waals surface area contributed by atoms with Crippen molar-refractivity contribution in [1.29, 1.82) is 0 Å². The summed E-state index contributed by atoms with van der Waals surface area (Å²) in [4.78, 5) is 12.5. The lowest BCUT2D eigenvalue weighted by molar-refractivity contribution is 1.04. The molecule has 0 radical (unpaired) electrons. The van der Waals surface area contributed by atoms with Crippen LogP contribution in [0.2, 0.25) is 0 Å². The molecule has 0 saturated carbocycles. The van der Waals surface area contributed by atoms with Gasteiger partial charge >= 0.3 is 0 Å². The van der Waals surface area contributed by atoms with Gasteiger partial charge in [0, 0.05) is 12.2 Å². The van der Waals surface area contributed by atoms with Crippen LogP contribution in [0, 0.1) is 0 Å². The fourth-order valence-electron chi connectivity index (χ4n) is 2.48. The highest BCUT2D eigenvalue weighted by molar-refractivity contribution is 7.79.